The van der Waals surface area contributed by atoms with Gasteiger partial charge in [-0.25, -0.2) is 5.01 Å². The lowest BCUT2D eigenvalue weighted by Crippen LogP contribution is -2.33. The number of carboxylic acid groups (broad SMARTS) is 1. The minimum absolute atomic E-state index is 0.126. The van der Waals surface area contributed by atoms with E-state index in [9.17, 15) is 9.59 Å². The van der Waals surface area contributed by atoms with Crippen LogP contribution in [0.1, 0.15) is 57.8 Å². The second kappa shape index (κ2) is 8.61. The number of hydrogen-bond donors (Lipinski definition) is 1. The van der Waals surface area contributed by atoms with E-state index in [0.29, 0.717) is 24.9 Å². The lowest BCUT2D eigenvalue weighted by atomic mass is 9.78. The topological polar surface area (TPSA) is 79.2 Å². The van der Waals surface area contributed by atoms with Crippen LogP contribution in [-0.2, 0) is 14.3 Å². The van der Waals surface area contributed by atoms with Crippen molar-refractivity contribution in [2.75, 3.05) is 6.54 Å². The van der Waals surface area contributed by atoms with Gasteiger partial charge in [-0.05, 0) is 50.9 Å². The van der Waals surface area contributed by atoms with Gasteiger partial charge in [-0.15, -0.1) is 0 Å². The van der Waals surface area contributed by atoms with Crippen LogP contribution >= 0.6 is 0 Å². The van der Waals surface area contributed by atoms with Gasteiger partial charge in [0.1, 0.15) is 0 Å². The van der Waals surface area contributed by atoms with E-state index in [2.05, 4.69) is 17.3 Å². The summed E-state index contributed by atoms with van der Waals surface area (Å²) in [5.74, 6) is 0.0788. The molecule has 3 aliphatic heterocycles. The number of carbonyl (C=O) groups excluding carboxylic acids is 1. The maximum Gasteiger partial charge on any atom is 0.303 e. The Morgan fingerprint density at radius 3 is 2.92 bits per heavy atom. The van der Waals surface area contributed by atoms with E-state index >= 15 is 0 Å². The van der Waals surface area contributed by atoms with Crippen LogP contribution in [0.3, 0.4) is 0 Å². The average Bonchev–Trinajstić information content (AvgIpc) is 3.18. The molecule has 3 rings (SSSR count). The normalized spacial score (nSPS) is 32.3. The molecule has 6 heteroatoms. The number of piperidine rings is 1. The molecule has 1 N–H and O–H groups in total. The van der Waals surface area contributed by atoms with Gasteiger partial charge in [0.25, 0.3) is 0 Å². The Morgan fingerprint density at radius 2 is 2.12 bits per heavy atom. The van der Waals surface area contributed by atoms with Crippen LogP contribution in [0.2, 0.25) is 0 Å². The number of carbonyl (C=O) groups is 2. The van der Waals surface area contributed by atoms with Gasteiger partial charge in [0.15, 0.2) is 0 Å². The maximum atomic E-state index is 11.9. The van der Waals surface area contributed by atoms with Crippen LogP contribution in [0.15, 0.2) is 17.3 Å². The van der Waals surface area contributed by atoms with Crippen molar-refractivity contribution in [1.82, 2.24) is 5.01 Å². The molecule has 2 bridgehead atoms. The fourth-order valence-corrected chi connectivity index (χ4v) is 4.14. The molecule has 1 amide bonds. The van der Waals surface area contributed by atoms with E-state index < -0.39 is 5.97 Å². The molecule has 3 fully saturated rings. The highest BCUT2D eigenvalue weighted by atomic mass is 16.5. The Labute approximate surface area is 148 Å². The van der Waals surface area contributed by atoms with Crippen molar-refractivity contribution in [1.29, 1.82) is 0 Å². The van der Waals surface area contributed by atoms with E-state index in [-0.39, 0.29) is 24.3 Å². The van der Waals surface area contributed by atoms with Gasteiger partial charge in [0.05, 0.1) is 12.2 Å². The molecule has 6 nitrogen and oxygen atoms in total. The Hall–Kier alpha value is -1.69. The van der Waals surface area contributed by atoms with Crippen LogP contribution in [0, 0.1) is 11.8 Å². The standard InChI is InChI=1S/C19H28N2O4/c22-18-8-5-6-12-21(18)20-13-15-14(16-10-11-17(15)25-16)7-3-1-2-4-9-19(23)24/h1,3,13-17H,2,4-12H2,(H,23,24)/b3-1-,20-13?/t14-,15+,16-,17+/m1/s1. The van der Waals surface area contributed by atoms with E-state index in [1.54, 1.807) is 5.01 Å². The fourth-order valence-electron chi connectivity index (χ4n) is 4.14. The number of rotatable bonds is 8. The van der Waals surface area contributed by atoms with Crippen LogP contribution in [0.25, 0.3) is 0 Å². The second-order valence-electron chi connectivity index (χ2n) is 7.26. The molecule has 0 aliphatic carbocycles. The molecule has 3 heterocycles. The van der Waals surface area contributed by atoms with Crippen molar-refractivity contribution >= 4 is 18.1 Å². The van der Waals surface area contributed by atoms with Gasteiger partial charge in [0.2, 0.25) is 5.91 Å². The lowest BCUT2D eigenvalue weighted by molar-refractivity contribution is -0.137. The van der Waals surface area contributed by atoms with Crippen molar-refractivity contribution in [2.24, 2.45) is 16.9 Å². The zero-order valence-electron chi connectivity index (χ0n) is 14.7. The minimum atomic E-state index is -0.738. The van der Waals surface area contributed by atoms with E-state index in [4.69, 9.17) is 9.84 Å². The number of ether oxygens (including phenoxy) is 1. The maximum absolute atomic E-state index is 11.9. The number of fused-ring (bicyclic) bond motifs is 2. The molecule has 0 aromatic rings. The SMILES string of the molecule is O=C(O)CCC/C=C\C[C@@H]1[C@H](C=NN2CCCCC2=O)[C@@H]2CC[C@H]1O2. The van der Waals surface area contributed by atoms with Gasteiger partial charge in [0, 0.05) is 31.5 Å². The van der Waals surface area contributed by atoms with Crippen LogP contribution in [0.5, 0.6) is 0 Å². The molecule has 0 saturated carbocycles. The first-order valence-electron chi connectivity index (χ1n) is 9.52. The van der Waals surface area contributed by atoms with Crippen LogP contribution in [-0.4, -0.2) is 47.0 Å². The first-order valence-corrected chi connectivity index (χ1v) is 9.52. The van der Waals surface area contributed by atoms with Crippen LogP contribution in [0.4, 0.5) is 0 Å². The van der Waals surface area contributed by atoms with Gasteiger partial charge in [-0.1, -0.05) is 12.2 Å². The summed E-state index contributed by atoms with van der Waals surface area (Å²) in [5.41, 5.74) is 0. The quantitative estimate of drug-likeness (QED) is 0.415. The molecular formula is C19H28N2O4. The summed E-state index contributed by atoms with van der Waals surface area (Å²) in [5, 5.41) is 14.8. The molecule has 0 aromatic carbocycles. The predicted molar refractivity (Wildman–Crippen MR) is 94.2 cm³/mol. The molecule has 4 atom stereocenters. The van der Waals surface area contributed by atoms with E-state index in [0.717, 1.165) is 45.1 Å². The van der Waals surface area contributed by atoms with Gasteiger partial charge in [-0.3, -0.25) is 9.59 Å². The van der Waals surface area contributed by atoms with E-state index in [1.165, 1.54) is 0 Å². The molecule has 25 heavy (non-hydrogen) atoms. The third kappa shape index (κ3) is 4.69. The number of unbranched alkanes of at least 4 members (excludes halogenated alkanes) is 1. The summed E-state index contributed by atoms with van der Waals surface area (Å²) in [6.45, 7) is 0.727. The molecule has 0 unspecified atom stereocenters. The number of aliphatic carboxylic acids is 1. The molecule has 3 aliphatic rings. The summed E-state index contributed by atoms with van der Waals surface area (Å²) in [6.07, 6.45) is 14.1. The van der Waals surface area contributed by atoms with Crippen molar-refractivity contribution < 1.29 is 19.4 Å². The molecule has 0 radical (unpaired) electrons. The monoisotopic (exact) mass is 348 g/mol. The smallest absolute Gasteiger partial charge is 0.303 e. The summed E-state index contributed by atoms with van der Waals surface area (Å²) in [4.78, 5) is 22.4. The molecule has 0 spiro atoms. The average molecular weight is 348 g/mol. The highest BCUT2D eigenvalue weighted by Crippen LogP contribution is 2.44. The second-order valence-corrected chi connectivity index (χ2v) is 7.26. The van der Waals surface area contributed by atoms with Crippen molar-refractivity contribution in [2.45, 2.75) is 70.0 Å². The van der Waals surface area contributed by atoms with E-state index in [1.807, 2.05) is 6.21 Å². The predicted octanol–water partition coefficient (Wildman–Crippen LogP) is 2.98. The Morgan fingerprint density at radius 1 is 1.28 bits per heavy atom. The molecule has 0 aromatic heterocycles. The number of hydrazone groups is 1. The zero-order chi connectivity index (χ0) is 17.6. The summed E-state index contributed by atoms with van der Waals surface area (Å²) in [6, 6.07) is 0. The Kier molecular flexibility index (Phi) is 6.24. The number of allylic oxidation sites excluding steroid dienone is 2. The number of hydrogen-bond acceptors (Lipinski definition) is 4. The summed E-state index contributed by atoms with van der Waals surface area (Å²) in [7, 11) is 0. The fraction of sp³-hybridized carbons (Fsp3) is 0.737. The Bertz CT molecular complexity index is 546. The zero-order valence-corrected chi connectivity index (χ0v) is 14.7. The van der Waals surface area contributed by atoms with Crippen molar-refractivity contribution in [3.8, 4) is 0 Å². The largest absolute Gasteiger partial charge is 0.481 e. The van der Waals surface area contributed by atoms with Crippen LogP contribution < -0.4 is 0 Å². The lowest BCUT2D eigenvalue weighted by Gasteiger charge is -2.26. The highest BCUT2D eigenvalue weighted by Gasteiger charge is 2.47. The van der Waals surface area contributed by atoms with Gasteiger partial charge >= 0.3 is 5.97 Å². The number of nitrogens with zero attached hydrogens (tertiary/aromatic N) is 2. The van der Waals surface area contributed by atoms with Crippen molar-refractivity contribution in [3.05, 3.63) is 12.2 Å². The third-order valence-electron chi connectivity index (χ3n) is 5.50. The molecular weight excluding hydrogens is 320 g/mol. The van der Waals surface area contributed by atoms with Gasteiger partial charge in [-0.2, -0.15) is 5.10 Å². The molecule has 138 valence electrons. The first-order chi connectivity index (χ1) is 12.1. The van der Waals surface area contributed by atoms with Gasteiger partial charge < -0.3 is 9.84 Å². The summed E-state index contributed by atoms with van der Waals surface area (Å²) < 4.78 is 6.07. The number of carboxylic acids is 1. The Balaban J connectivity index is 1.51. The third-order valence-corrected chi connectivity index (χ3v) is 5.50. The summed E-state index contributed by atoms with van der Waals surface area (Å²) >= 11 is 0. The first kappa shape index (κ1) is 18.1. The van der Waals surface area contributed by atoms with Crippen molar-refractivity contribution in [3.63, 3.8) is 0 Å². The highest BCUT2D eigenvalue weighted by molar-refractivity contribution is 5.78. The number of amides is 1. The minimum Gasteiger partial charge on any atom is -0.481 e. The molecule has 3 saturated heterocycles.